The van der Waals surface area contributed by atoms with Gasteiger partial charge in [0.2, 0.25) is 16.0 Å². The van der Waals surface area contributed by atoms with E-state index >= 15 is 0 Å². The molecule has 0 aliphatic rings. The first kappa shape index (κ1) is 13.9. The molecule has 0 saturated carbocycles. The molecular weight excluding hydrogens is 240 g/mol. The maximum Gasteiger partial charge on any atom is 0.244 e. The van der Waals surface area contributed by atoms with Gasteiger partial charge in [-0.2, -0.15) is 0 Å². The number of nitrogens with zero attached hydrogens (tertiary/aromatic N) is 2. The molecule has 0 bridgehead atoms. The second kappa shape index (κ2) is 4.97. The van der Waals surface area contributed by atoms with Crippen LogP contribution in [0.15, 0.2) is 17.3 Å². The van der Waals surface area contributed by atoms with Gasteiger partial charge in [0.25, 0.3) is 0 Å². The Morgan fingerprint density at radius 3 is 2.18 bits per heavy atom. The molecule has 0 aromatic carbocycles. The smallest absolute Gasteiger partial charge is 0.244 e. The molecule has 6 nitrogen and oxygen atoms in total. The fourth-order valence-electron chi connectivity index (χ4n) is 1.24. The lowest BCUT2D eigenvalue weighted by Gasteiger charge is -2.27. The highest BCUT2D eigenvalue weighted by atomic mass is 32.2. The van der Waals surface area contributed by atoms with Crippen molar-refractivity contribution in [1.29, 1.82) is 0 Å². The monoisotopic (exact) mass is 258 g/mol. The first-order chi connectivity index (χ1) is 7.83. The van der Waals surface area contributed by atoms with Crippen LogP contribution < -0.4 is 10.5 Å². The quantitative estimate of drug-likeness (QED) is 0.818. The van der Waals surface area contributed by atoms with Gasteiger partial charge in [-0.25, -0.2) is 23.1 Å². The van der Waals surface area contributed by atoms with Crippen molar-refractivity contribution >= 4 is 16.0 Å². The van der Waals surface area contributed by atoms with Gasteiger partial charge in [-0.15, -0.1) is 0 Å². The minimum absolute atomic E-state index is 0.0276. The van der Waals surface area contributed by atoms with E-state index in [9.17, 15) is 8.42 Å². The summed E-state index contributed by atoms with van der Waals surface area (Å²) in [5.74, 6) is 0.0534. The Hall–Kier alpha value is -1.21. The highest BCUT2D eigenvalue weighted by molar-refractivity contribution is 7.89. The number of hydrogen-bond acceptors (Lipinski definition) is 5. The van der Waals surface area contributed by atoms with E-state index < -0.39 is 15.6 Å². The SMILES string of the molecule is CCC(C)(CC)NS(=O)(=O)c1cnc(N)nc1. The molecule has 1 aromatic rings. The lowest BCUT2D eigenvalue weighted by atomic mass is 9.98. The number of rotatable bonds is 5. The fraction of sp³-hybridized carbons (Fsp3) is 0.600. The van der Waals surface area contributed by atoms with Crippen LogP contribution in [0.25, 0.3) is 0 Å². The predicted octanol–water partition coefficient (Wildman–Crippen LogP) is 0.916. The van der Waals surface area contributed by atoms with E-state index in [2.05, 4.69) is 14.7 Å². The highest BCUT2D eigenvalue weighted by Gasteiger charge is 2.27. The summed E-state index contributed by atoms with van der Waals surface area (Å²) in [5.41, 5.74) is 4.85. The maximum atomic E-state index is 12.0. The second-order valence-corrected chi connectivity index (χ2v) is 5.83. The number of hydrogen-bond donors (Lipinski definition) is 2. The first-order valence-corrected chi connectivity index (χ1v) is 6.93. The van der Waals surface area contributed by atoms with Crippen molar-refractivity contribution in [2.75, 3.05) is 5.73 Å². The topological polar surface area (TPSA) is 98.0 Å². The van der Waals surface area contributed by atoms with Crippen LogP contribution in [0.4, 0.5) is 5.95 Å². The van der Waals surface area contributed by atoms with Crippen molar-refractivity contribution in [1.82, 2.24) is 14.7 Å². The molecule has 0 atom stereocenters. The van der Waals surface area contributed by atoms with Crippen molar-refractivity contribution in [3.8, 4) is 0 Å². The molecule has 0 aliphatic carbocycles. The Morgan fingerprint density at radius 1 is 1.29 bits per heavy atom. The van der Waals surface area contributed by atoms with Gasteiger partial charge in [0.05, 0.1) is 12.4 Å². The van der Waals surface area contributed by atoms with E-state index in [1.165, 1.54) is 12.4 Å². The van der Waals surface area contributed by atoms with Crippen LogP contribution in [0.3, 0.4) is 0 Å². The molecule has 0 spiro atoms. The Labute approximate surface area is 102 Å². The summed E-state index contributed by atoms with van der Waals surface area (Å²) in [4.78, 5) is 7.38. The average Bonchev–Trinajstić information content (AvgIpc) is 2.29. The Kier molecular flexibility index (Phi) is 4.05. The molecule has 96 valence electrons. The molecule has 1 heterocycles. The normalized spacial score (nSPS) is 12.6. The van der Waals surface area contributed by atoms with Gasteiger partial charge < -0.3 is 5.73 Å². The van der Waals surface area contributed by atoms with Crippen LogP contribution in [0.2, 0.25) is 0 Å². The van der Waals surface area contributed by atoms with Crippen LogP contribution in [0.5, 0.6) is 0 Å². The third-order valence-electron chi connectivity index (χ3n) is 2.90. The molecule has 0 aliphatic heterocycles. The lowest BCUT2D eigenvalue weighted by Crippen LogP contribution is -2.44. The third-order valence-corrected chi connectivity index (χ3v) is 4.49. The zero-order chi connectivity index (χ0) is 13.1. The number of nitrogens with one attached hydrogen (secondary N) is 1. The van der Waals surface area contributed by atoms with Crippen molar-refractivity contribution in [3.05, 3.63) is 12.4 Å². The minimum Gasteiger partial charge on any atom is -0.368 e. The number of sulfonamides is 1. The Balaban J connectivity index is 3.00. The van der Waals surface area contributed by atoms with E-state index in [0.29, 0.717) is 12.8 Å². The Morgan fingerprint density at radius 2 is 1.76 bits per heavy atom. The van der Waals surface area contributed by atoms with Crippen LogP contribution in [-0.2, 0) is 10.0 Å². The highest BCUT2D eigenvalue weighted by Crippen LogP contribution is 2.18. The van der Waals surface area contributed by atoms with Crippen LogP contribution in [0, 0.1) is 0 Å². The summed E-state index contributed by atoms with van der Waals surface area (Å²) in [5, 5.41) is 0. The number of aromatic nitrogens is 2. The molecule has 1 rings (SSSR count). The molecule has 0 saturated heterocycles. The van der Waals surface area contributed by atoms with Crippen LogP contribution in [-0.4, -0.2) is 23.9 Å². The van der Waals surface area contributed by atoms with Gasteiger partial charge in [-0.3, -0.25) is 0 Å². The molecule has 0 amide bonds. The number of nitrogen functional groups attached to an aromatic ring is 1. The minimum atomic E-state index is -3.59. The van der Waals surface area contributed by atoms with Gasteiger partial charge in [0.1, 0.15) is 4.90 Å². The fourth-order valence-corrected chi connectivity index (χ4v) is 2.68. The first-order valence-electron chi connectivity index (χ1n) is 5.44. The summed E-state index contributed by atoms with van der Waals surface area (Å²) in [6.45, 7) is 5.74. The van der Waals surface area contributed by atoms with E-state index in [1.54, 1.807) is 0 Å². The van der Waals surface area contributed by atoms with Crippen LogP contribution in [0.1, 0.15) is 33.6 Å². The molecule has 1 aromatic heterocycles. The van der Waals surface area contributed by atoms with Gasteiger partial charge in [-0.1, -0.05) is 13.8 Å². The van der Waals surface area contributed by atoms with Gasteiger partial charge in [-0.05, 0) is 19.8 Å². The lowest BCUT2D eigenvalue weighted by molar-refractivity contribution is 0.388. The predicted molar refractivity (Wildman–Crippen MR) is 65.8 cm³/mol. The van der Waals surface area contributed by atoms with E-state index in [-0.39, 0.29) is 10.8 Å². The molecule has 0 unspecified atom stereocenters. The van der Waals surface area contributed by atoms with E-state index in [0.717, 1.165) is 0 Å². The number of anilines is 1. The second-order valence-electron chi connectivity index (χ2n) is 4.15. The maximum absolute atomic E-state index is 12.0. The van der Waals surface area contributed by atoms with Crippen molar-refractivity contribution in [2.24, 2.45) is 0 Å². The molecular formula is C10H18N4O2S. The summed E-state index contributed by atoms with van der Waals surface area (Å²) in [6.07, 6.45) is 3.82. The Bertz CT molecular complexity index is 466. The zero-order valence-corrected chi connectivity index (χ0v) is 11.1. The summed E-state index contributed by atoms with van der Waals surface area (Å²) >= 11 is 0. The standard InChI is InChI=1S/C10H18N4O2S/c1-4-10(3,5-2)14-17(15,16)8-6-12-9(11)13-7-8/h6-7,14H,4-5H2,1-3H3,(H2,11,12,13). The van der Waals surface area contributed by atoms with Gasteiger partial charge >= 0.3 is 0 Å². The third kappa shape index (κ3) is 3.37. The molecule has 7 heteroatoms. The largest absolute Gasteiger partial charge is 0.368 e. The van der Waals surface area contributed by atoms with E-state index in [1.807, 2.05) is 20.8 Å². The molecule has 0 fully saturated rings. The van der Waals surface area contributed by atoms with Crippen molar-refractivity contribution in [2.45, 2.75) is 44.0 Å². The van der Waals surface area contributed by atoms with Crippen LogP contribution >= 0.6 is 0 Å². The number of nitrogens with two attached hydrogens (primary N) is 1. The zero-order valence-electron chi connectivity index (χ0n) is 10.3. The van der Waals surface area contributed by atoms with Crippen molar-refractivity contribution < 1.29 is 8.42 Å². The average molecular weight is 258 g/mol. The summed E-state index contributed by atoms with van der Waals surface area (Å²) in [6, 6.07) is 0. The molecule has 3 N–H and O–H groups in total. The van der Waals surface area contributed by atoms with Gasteiger partial charge in [0.15, 0.2) is 0 Å². The van der Waals surface area contributed by atoms with Crippen molar-refractivity contribution in [3.63, 3.8) is 0 Å². The molecule has 0 radical (unpaired) electrons. The summed E-state index contributed by atoms with van der Waals surface area (Å²) < 4.78 is 26.7. The molecule has 17 heavy (non-hydrogen) atoms. The van der Waals surface area contributed by atoms with Gasteiger partial charge in [0, 0.05) is 5.54 Å². The summed E-state index contributed by atoms with van der Waals surface area (Å²) in [7, 11) is -3.59. The van der Waals surface area contributed by atoms with E-state index in [4.69, 9.17) is 5.73 Å².